The van der Waals surface area contributed by atoms with E-state index in [1.54, 1.807) is 13.4 Å². The van der Waals surface area contributed by atoms with E-state index >= 15 is 0 Å². The normalized spacial score (nSPS) is 16.8. The Morgan fingerprint density at radius 1 is 1.24 bits per heavy atom. The van der Waals surface area contributed by atoms with Crippen LogP contribution in [0.5, 0.6) is 11.6 Å². The molecule has 0 N–H and O–H groups in total. The molecular formula is C25H24ClFN6O4. The van der Waals surface area contributed by atoms with Crippen LogP contribution < -0.4 is 9.62 Å². The van der Waals surface area contributed by atoms with E-state index < -0.39 is 17.2 Å². The summed E-state index contributed by atoms with van der Waals surface area (Å²) < 4.78 is 23.0. The topological polar surface area (TPSA) is 106 Å². The summed E-state index contributed by atoms with van der Waals surface area (Å²) in [6.45, 7) is 4.37. The molecule has 192 valence electrons. The van der Waals surface area contributed by atoms with Crippen molar-refractivity contribution in [1.29, 1.82) is 0 Å². The molecule has 10 nitrogen and oxygen atoms in total. The van der Waals surface area contributed by atoms with Gasteiger partial charge < -0.3 is 13.9 Å². The second kappa shape index (κ2) is 9.81. The van der Waals surface area contributed by atoms with Crippen LogP contribution in [0.2, 0.25) is 5.02 Å². The first-order valence-electron chi connectivity index (χ1n) is 11.7. The summed E-state index contributed by atoms with van der Waals surface area (Å²) >= 11 is 5.71. The van der Waals surface area contributed by atoms with E-state index in [4.69, 9.17) is 26.1 Å². The van der Waals surface area contributed by atoms with Crippen LogP contribution in [-0.2, 0) is 21.6 Å². The Bertz CT molecular complexity index is 1470. The molecule has 0 saturated carbocycles. The van der Waals surface area contributed by atoms with E-state index in [0.29, 0.717) is 49.0 Å². The number of hydrogen-bond acceptors (Lipinski definition) is 8. The van der Waals surface area contributed by atoms with Crippen molar-refractivity contribution in [2.45, 2.75) is 45.1 Å². The molecule has 12 heteroatoms. The highest BCUT2D eigenvalue weighted by molar-refractivity contribution is 6.30. The Balaban J connectivity index is 1.45. The number of methoxy groups -OCH3 is 1. The van der Waals surface area contributed by atoms with Crippen molar-refractivity contribution < 1.29 is 23.7 Å². The van der Waals surface area contributed by atoms with Gasteiger partial charge in [0.25, 0.3) is 0 Å². The number of rotatable bonds is 7. The van der Waals surface area contributed by atoms with Gasteiger partial charge in [0, 0.05) is 18.8 Å². The van der Waals surface area contributed by atoms with Crippen LogP contribution in [-0.4, -0.2) is 42.4 Å². The highest BCUT2D eigenvalue weighted by atomic mass is 35.5. The fourth-order valence-corrected chi connectivity index (χ4v) is 4.65. The number of carbonyl (C=O) groups excluding carboxylic acids is 1. The molecule has 0 spiro atoms. The maximum Gasteiger partial charge on any atom is 0.369 e. The first-order chi connectivity index (χ1) is 17.9. The lowest BCUT2D eigenvalue weighted by Crippen LogP contribution is -2.43. The van der Waals surface area contributed by atoms with Crippen LogP contribution in [0.25, 0.3) is 17.2 Å². The molecule has 1 aliphatic heterocycles. The van der Waals surface area contributed by atoms with Gasteiger partial charge in [0.05, 0.1) is 24.2 Å². The minimum atomic E-state index is -1.09. The van der Waals surface area contributed by atoms with E-state index in [-0.39, 0.29) is 10.8 Å². The summed E-state index contributed by atoms with van der Waals surface area (Å²) in [5.41, 5.74) is 1.05. The number of aromatic nitrogens is 6. The third-order valence-electron chi connectivity index (χ3n) is 6.52. The number of ether oxygens (including phenoxy) is 1. The van der Waals surface area contributed by atoms with Crippen molar-refractivity contribution in [3.63, 3.8) is 0 Å². The molecular weight excluding hydrogens is 503 g/mol. The number of pyridine rings is 1. The number of nitrogens with zero attached hydrogens (tertiary/aromatic N) is 6. The molecule has 1 atom stereocenters. The summed E-state index contributed by atoms with van der Waals surface area (Å²) in [4.78, 5) is 32.5. The number of benzene rings is 1. The SMILES string of the molecule is CCC1(C(=O)OOc2ccc(Cl)c(F)c2)CCCn2c(-c3ccc(-n4cnc(C)c4)c(OC)n3)nnc21. The number of hydrogen-bond donors (Lipinski definition) is 0. The standard InChI is InChI=1S/C25H24ClFN6O4/c1-4-25(24(34)37-36-16-6-7-17(26)18(27)12-16)10-5-11-33-21(30-31-23(25)33)19-8-9-20(22(29-19)35-3)32-13-15(2)28-14-32/h6-9,12-14H,4-5,10-11H2,1-3H3. The van der Waals surface area contributed by atoms with Crippen LogP contribution in [0.4, 0.5) is 4.39 Å². The zero-order chi connectivity index (χ0) is 26.2. The molecule has 0 radical (unpaired) electrons. The monoisotopic (exact) mass is 526 g/mol. The first-order valence-corrected chi connectivity index (χ1v) is 12.1. The highest BCUT2D eigenvalue weighted by Crippen LogP contribution is 2.39. The minimum Gasteiger partial charge on any atom is -0.479 e. The lowest BCUT2D eigenvalue weighted by molar-refractivity contribution is -0.222. The predicted molar refractivity (Wildman–Crippen MR) is 131 cm³/mol. The number of imidazole rings is 1. The van der Waals surface area contributed by atoms with Gasteiger partial charge in [-0.05, 0) is 50.5 Å². The quantitative estimate of drug-likeness (QED) is 0.254. The maximum atomic E-state index is 13.7. The van der Waals surface area contributed by atoms with Gasteiger partial charge in [-0.2, -0.15) is 0 Å². The van der Waals surface area contributed by atoms with Gasteiger partial charge in [0.15, 0.2) is 17.4 Å². The molecule has 0 fully saturated rings. The maximum absolute atomic E-state index is 13.7. The second-order valence-electron chi connectivity index (χ2n) is 8.72. The van der Waals surface area contributed by atoms with Gasteiger partial charge in [-0.25, -0.2) is 24.0 Å². The molecule has 3 aromatic heterocycles. The van der Waals surface area contributed by atoms with Gasteiger partial charge in [-0.15, -0.1) is 10.2 Å². The molecule has 0 amide bonds. The number of carbonyl (C=O) groups is 1. The van der Waals surface area contributed by atoms with Gasteiger partial charge in [0.1, 0.15) is 22.6 Å². The summed E-state index contributed by atoms with van der Waals surface area (Å²) in [5.74, 6) is 0.0628. The number of halogens is 2. The summed E-state index contributed by atoms with van der Waals surface area (Å²) in [7, 11) is 1.54. The van der Waals surface area contributed by atoms with E-state index in [9.17, 15) is 9.18 Å². The smallest absolute Gasteiger partial charge is 0.369 e. The summed E-state index contributed by atoms with van der Waals surface area (Å²) in [5, 5.41) is 8.70. The molecule has 4 heterocycles. The highest BCUT2D eigenvalue weighted by Gasteiger charge is 2.48. The van der Waals surface area contributed by atoms with Crippen molar-refractivity contribution in [3.8, 4) is 28.8 Å². The molecule has 0 saturated heterocycles. The van der Waals surface area contributed by atoms with E-state index in [1.165, 1.54) is 12.1 Å². The molecule has 1 aliphatic rings. The molecule has 4 aromatic rings. The van der Waals surface area contributed by atoms with Crippen LogP contribution >= 0.6 is 11.6 Å². The van der Waals surface area contributed by atoms with Crippen molar-refractivity contribution in [1.82, 2.24) is 29.3 Å². The lowest BCUT2D eigenvalue weighted by atomic mass is 9.77. The molecule has 5 rings (SSSR count). The predicted octanol–water partition coefficient (Wildman–Crippen LogP) is 4.61. The van der Waals surface area contributed by atoms with Crippen molar-refractivity contribution in [3.05, 3.63) is 65.2 Å². The van der Waals surface area contributed by atoms with Crippen molar-refractivity contribution >= 4 is 17.6 Å². The average Bonchev–Trinajstić information content (AvgIpc) is 3.55. The first kappa shape index (κ1) is 24.7. The zero-order valence-electron chi connectivity index (χ0n) is 20.4. The Kier molecular flexibility index (Phi) is 6.55. The molecule has 0 aliphatic carbocycles. The van der Waals surface area contributed by atoms with Gasteiger partial charge in [-0.1, -0.05) is 18.5 Å². The van der Waals surface area contributed by atoms with E-state index in [2.05, 4.69) is 20.2 Å². The van der Waals surface area contributed by atoms with Crippen LogP contribution in [0.3, 0.4) is 0 Å². The zero-order valence-corrected chi connectivity index (χ0v) is 21.2. The Morgan fingerprint density at radius 3 is 2.78 bits per heavy atom. The second-order valence-corrected chi connectivity index (χ2v) is 9.12. The average molecular weight is 527 g/mol. The van der Waals surface area contributed by atoms with Gasteiger partial charge >= 0.3 is 5.97 Å². The van der Waals surface area contributed by atoms with E-state index in [0.717, 1.165) is 17.4 Å². The van der Waals surface area contributed by atoms with Crippen LogP contribution in [0, 0.1) is 12.7 Å². The number of aryl methyl sites for hydroxylation is 1. The van der Waals surface area contributed by atoms with Crippen molar-refractivity contribution in [2.75, 3.05) is 7.11 Å². The molecule has 1 aromatic carbocycles. The van der Waals surface area contributed by atoms with Crippen molar-refractivity contribution in [2.24, 2.45) is 0 Å². The number of fused-ring (bicyclic) bond motifs is 1. The molecule has 0 bridgehead atoms. The molecule has 1 unspecified atom stereocenters. The van der Waals surface area contributed by atoms with Gasteiger partial charge in [-0.3, -0.25) is 4.89 Å². The Labute approximate surface area is 216 Å². The molecule has 37 heavy (non-hydrogen) atoms. The third kappa shape index (κ3) is 4.39. The minimum absolute atomic E-state index is 0.0175. The fourth-order valence-electron chi connectivity index (χ4n) is 4.53. The largest absolute Gasteiger partial charge is 0.479 e. The van der Waals surface area contributed by atoms with E-state index in [1.807, 2.05) is 41.3 Å². The van der Waals surface area contributed by atoms with Gasteiger partial charge in [0.2, 0.25) is 5.88 Å². The lowest BCUT2D eigenvalue weighted by Gasteiger charge is -2.32. The van der Waals surface area contributed by atoms with Crippen LogP contribution in [0.15, 0.2) is 42.9 Å². The fraction of sp³-hybridized carbons (Fsp3) is 0.320. The summed E-state index contributed by atoms with van der Waals surface area (Å²) in [6.07, 6.45) is 5.14. The third-order valence-corrected chi connectivity index (χ3v) is 6.82. The Morgan fingerprint density at radius 2 is 2.08 bits per heavy atom. The summed E-state index contributed by atoms with van der Waals surface area (Å²) in [6, 6.07) is 7.46. The van der Waals surface area contributed by atoms with Crippen LogP contribution in [0.1, 0.15) is 37.7 Å². The Hall–Kier alpha value is -3.99.